The Bertz CT molecular complexity index is 819. The molecule has 0 spiro atoms. The predicted octanol–water partition coefficient (Wildman–Crippen LogP) is 3.74. The fourth-order valence-corrected chi connectivity index (χ4v) is 2.97. The van der Waals surface area contributed by atoms with E-state index in [1.807, 2.05) is 32.0 Å². The molecular formula is C22H25Cl2NO6. The highest BCUT2D eigenvalue weighted by molar-refractivity contribution is 6.35. The third-order valence-electron chi connectivity index (χ3n) is 4.00. The van der Waals surface area contributed by atoms with Gasteiger partial charge in [-0.25, -0.2) is 9.59 Å². The molecule has 0 fully saturated rings. The average Bonchev–Trinajstić information content (AvgIpc) is 2.71. The Balaban J connectivity index is 1.49. The molecule has 2 aromatic carbocycles. The number of rotatable bonds is 12. The van der Waals surface area contributed by atoms with E-state index in [0.29, 0.717) is 34.6 Å². The van der Waals surface area contributed by atoms with Gasteiger partial charge in [-0.1, -0.05) is 40.9 Å². The van der Waals surface area contributed by atoms with Crippen molar-refractivity contribution in [1.82, 2.24) is 5.32 Å². The molecule has 0 saturated heterocycles. The first-order chi connectivity index (χ1) is 14.8. The molecule has 0 aliphatic carbocycles. The minimum Gasteiger partial charge on any atom is -0.482 e. The predicted molar refractivity (Wildman–Crippen MR) is 118 cm³/mol. The summed E-state index contributed by atoms with van der Waals surface area (Å²) in [6, 6.07) is 10.4. The quantitative estimate of drug-likeness (QED) is 0.374. The number of carbonyl (C=O) groups is 2. The monoisotopic (exact) mass is 469 g/mol. The van der Waals surface area contributed by atoms with Crippen molar-refractivity contribution in [1.29, 1.82) is 0 Å². The van der Waals surface area contributed by atoms with Gasteiger partial charge in [0.2, 0.25) is 0 Å². The number of hydrogen-bond donors (Lipinski definition) is 1. The van der Waals surface area contributed by atoms with Gasteiger partial charge in [-0.3, -0.25) is 0 Å². The van der Waals surface area contributed by atoms with Gasteiger partial charge in [-0.05, 0) is 43.7 Å². The van der Waals surface area contributed by atoms with Crippen LogP contribution in [0.5, 0.6) is 11.5 Å². The van der Waals surface area contributed by atoms with E-state index in [-0.39, 0.29) is 26.4 Å². The summed E-state index contributed by atoms with van der Waals surface area (Å²) in [5.41, 5.74) is 2.09. The Kier molecular flexibility index (Phi) is 10.4. The number of ether oxygens (including phenoxy) is 4. The zero-order valence-electron chi connectivity index (χ0n) is 17.4. The van der Waals surface area contributed by atoms with E-state index in [2.05, 4.69) is 5.32 Å². The molecule has 0 radical (unpaired) electrons. The van der Waals surface area contributed by atoms with E-state index >= 15 is 0 Å². The number of halogens is 2. The van der Waals surface area contributed by atoms with Crippen molar-refractivity contribution in [3.63, 3.8) is 0 Å². The molecule has 2 rings (SSSR count). The van der Waals surface area contributed by atoms with Crippen LogP contribution in [-0.4, -0.2) is 51.5 Å². The first-order valence-electron chi connectivity index (χ1n) is 9.65. The van der Waals surface area contributed by atoms with Gasteiger partial charge in [0.25, 0.3) is 0 Å². The van der Waals surface area contributed by atoms with Crippen LogP contribution >= 0.6 is 23.2 Å². The van der Waals surface area contributed by atoms with Gasteiger partial charge in [0.15, 0.2) is 13.2 Å². The molecule has 0 unspecified atom stereocenters. The minimum atomic E-state index is -0.525. The Morgan fingerprint density at radius 1 is 0.839 bits per heavy atom. The Morgan fingerprint density at radius 2 is 1.42 bits per heavy atom. The standard InChI is InChI=1S/C22H25Cl2NO6/c1-15-3-5-19(16(2)11-15)30-13-21(26)28-9-7-25-8-10-29-22(27)14-31-20-6-4-17(23)12-18(20)24/h3-6,11-12,25H,7-10,13-14H2,1-2H3. The number of benzene rings is 2. The van der Waals surface area contributed by atoms with Crippen molar-refractivity contribution in [3.8, 4) is 11.5 Å². The van der Waals surface area contributed by atoms with Crippen LogP contribution in [0.2, 0.25) is 10.0 Å². The van der Waals surface area contributed by atoms with Crippen LogP contribution in [0.4, 0.5) is 0 Å². The lowest BCUT2D eigenvalue weighted by Crippen LogP contribution is -2.27. The smallest absolute Gasteiger partial charge is 0.344 e. The van der Waals surface area contributed by atoms with E-state index in [0.717, 1.165) is 11.1 Å². The third-order valence-corrected chi connectivity index (χ3v) is 4.53. The fourth-order valence-electron chi connectivity index (χ4n) is 2.51. The lowest BCUT2D eigenvalue weighted by Gasteiger charge is -2.10. The second kappa shape index (κ2) is 13.0. The molecule has 0 aliphatic heterocycles. The lowest BCUT2D eigenvalue weighted by molar-refractivity contribution is -0.146. The topological polar surface area (TPSA) is 83.1 Å². The molecule has 0 amide bonds. The first kappa shape index (κ1) is 24.8. The molecule has 1 N–H and O–H groups in total. The highest BCUT2D eigenvalue weighted by atomic mass is 35.5. The molecule has 0 atom stereocenters. The van der Waals surface area contributed by atoms with Crippen LogP contribution < -0.4 is 14.8 Å². The van der Waals surface area contributed by atoms with Crippen LogP contribution in [0.3, 0.4) is 0 Å². The summed E-state index contributed by atoms with van der Waals surface area (Å²) in [5.74, 6) is 0.0308. The molecule has 0 bridgehead atoms. The summed E-state index contributed by atoms with van der Waals surface area (Å²) >= 11 is 11.8. The first-order valence-corrected chi connectivity index (χ1v) is 10.4. The molecule has 0 saturated carbocycles. The molecular weight excluding hydrogens is 445 g/mol. The summed E-state index contributed by atoms with van der Waals surface area (Å²) in [6.07, 6.45) is 0. The summed E-state index contributed by atoms with van der Waals surface area (Å²) in [6.45, 7) is 4.65. The van der Waals surface area contributed by atoms with Crippen LogP contribution in [-0.2, 0) is 19.1 Å². The summed E-state index contributed by atoms with van der Waals surface area (Å²) in [7, 11) is 0. The largest absolute Gasteiger partial charge is 0.482 e. The third kappa shape index (κ3) is 9.46. The van der Waals surface area contributed by atoms with Crippen LogP contribution in [0, 0.1) is 13.8 Å². The van der Waals surface area contributed by atoms with E-state index < -0.39 is 11.9 Å². The van der Waals surface area contributed by atoms with Gasteiger partial charge in [0.1, 0.15) is 24.7 Å². The Morgan fingerprint density at radius 3 is 2.00 bits per heavy atom. The van der Waals surface area contributed by atoms with Crippen LogP contribution in [0.25, 0.3) is 0 Å². The Labute approximate surface area is 191 Å². The molecule has 31 heavy (non-hydrogen) atoms. The lowest BCUT2D eigenvalue weighted by atomic mass is 10.1. The van der Waals surface area contributed by atoms with Crippen molar-refractivity contribution >= 4 is 35.1 Å². The number of hydrogen-bond acceptors (Lipinski definition) is 7. The highest BCUT2D eigenvalue weighted by Gasteiger charge is 2.08. The highest BCUT2D eigenvalue weighted by Crippen LogP contribution is 2.27. The number of carbonyl (C=O) groups excluding carboxylic acids is 2. The maximum atomic E-state index is 11.7. The summed E-state index contributed by atoms with van der Waals surface area (Å²) in [4.78, 5) is 23.4. The van der Waals surface area contributed by atoms with Gasteiger partial charge >= 0.3 is 11.9 Å². The number of nitrogens with one attached hydrogen (secondary N) is 1. The maximum Gasteiger partial charge on any atom is 0.344 e. The van der Waals surface area contributed by atoms with Crippen molar-refractivity contribution in [3.05, 3.63) is 57.6 Å². The van der Waals surface area contributed by atoms with E-state index in [4.69, 9.17) is 42.1 Å². The second-order valence-corrected chi connectivity index (χ2v) is 7.46. The molecule has 7 nitrogen and oxygen atoms in total. The number of aryl methyl sites for hydroxylation is 2. The van der Waals surface area contributed by atoms with E-state index in [1.54, 1.807) is 12.1 Å². The second-order valence-electron chi connectivity index (χ2n) is 6.61. The zero-order chi connectivity index (χ0) is 22.6. The summed E-state index contributed by atoms with van der Waals surface area (Å²) in [5, 5.41) is 3.80. The van der Waals surface area contributed by atoms with E-state index in [1.165, 1.54) is 6.07 Å². The van der Waals surface area contributed by atoms with Crippen molar-refractivity contribution in [2.75, 3.05) is 39.5 Å². The normalized spacial score (nSPS) is 10.5. The van der Waals surface area contributed by atoms with E-state index in [9.17, 15) is 9.59 Å². The molecule has 0 aromatic heterocycles. The van der Waals surface area contributed by atoms with Crippen LogP contribution in [0.1, 0.15) is 11.1 Å². The fraction of sp³-hybridized carbons (Fsp3) is 0.364. The van der Waals surface area contributed by atoms with Crippen molar-refractivity contribution in [2.24, 2.45) is 0 Å². The van der Waals surface area contributed by atoms with Gasteiger partial charge in [-0.2, -0.15) is 0 Å². The minimum absolute atomic E-state index is 0.153. The molecule has 0 aliphatic rings. The molecule has 9 heteroatoms. The molecule has 2 aromatic rings. The van der Waals surface area contributed by atoms with Gasteiger partial charge < -0.3 is 24.3 Å². The maximum absolute atomic E-state index is 11.7. The molecule has 0 heterocycles. The number of esters is 2. The average molecular weight is 470 g/mol. The van der Waals surface area contributed by atoms with Crippen molar-refractivity contribution in [2.45, 2.75) is 13.8 Å². The zero-order valence-corrected chi connectivity index (χ0v) is 18.9. The summed E-state index contributed by atoms with van der Waals surface area (Å²) < 4.78 is 20.9. The van der Waals surface area contributed by atoms with Gasteiger partial charge in [0.05, 0.1) is 5.02 Å². The van der Waals surface area contributed by atoms with Gasteiger partial charge in [0, 0.05) is 18.1 Å². The van der Waals surface area contributed by atoms with Gasteiger partial charge in [-0.15, -0.1) is 0 Å². The SMILES string of the molecule is Cc1ccc(OCC(=O)OCCNCCOC(=O)COc2ccc(Cl)cc2Cl)c(C)c1. The van der Waals surface area contributed by atoms with Crippen molar-refractivity contribution < 1.29 is 28.5 Å². The Hall–Kier alpha value is -2.48. The van der Waals surface area contributed by atoms with Crippen LogP contribution in [0.15, 0.2) is 36.4 Å². The molecule has 168 valence electrons.